The lowest BCUT2D eigenvalue weighted by atomic mass is 10.1. The molecule has 2 aromatic heterocycles. The van der Waals surface area contributed by atoms with Gasteiger partial charge in [-0.2, -0.15) is 0 Å². The van der Waals surface area contributed by atoms with Gasteiger partial charge in [-0.1, -0.05) is 48.6 Å². The second kappa shape index (κ2) is 7.54. The molecule has 30 heavy (non-hydrogen) atoms. The average Bonchev–Trinajstić information content (AvgIpc) is 3.13. The largest absolute Gasteiger partial charge is 0.389 e. The summed E-state index contributed by atoms with van der Waals surface area (Å²) in [6, 6.07) is 15.1. The van der Waals surface area contributed by atoms with E-state index in [1.54, 1.807) is 24.3 Å². The first-order chi connectivity index (χ1) is 14.6. The maximum Gasteiger partial charge on any atom is 0.295 e. The van der Waals surface area contributed by atoms with Gasteiger partial charge in [0.15, 0.2) is 5.82 Å². The molecule has 4 nitrogen and oxygen atoms in total. The molecule has 0 aliphatic heterocycles. The molecule has 1 N–H and O–H groups in total. The fraction of sp³-hybridized carbons (Fsp3) is 0.208. The van der Waals surface area contributed by atoms with Crippen LogP contribution in [0.15, 0.2) is 66.8 Å². The van der Waals surface area contributed by atoms with E-state index in [1.165, 1.54) is 10.1 Å². The van der Waals surface area contributed by atoms with E-state index in [0.717, 1.165) is 23.0 Å². The van der Waals surface area contributed by atoms with E-state index in [4.69, 9.17) is 0 Å². The van der Waals surface area contributed by atoms with Crippen molar-refractivity contribution < 1.29 is 13.9 Å². The van der Waals surface area contributed by atoms with Gasteiger partial charge in [-0.15, -0.1) is 0 Å². The number of aromatic nitrogens is 3. The van der Waals surface area contributed by atoms with Gasteiger partial charge in [0.25, 0.3) is 6.43 Å². The number of nitrogens with zero attached hydrogens (tertiary/aromatic N) is 3. The molecule has 152 valence electrons. The van der Waals surface area contributed by atoms with Crippen LogP contribution in [0.5, 0.6) is 0 Å². The Labute approximate surface area is 172 Å². The first kappa shape index (κ1) is 18.8. The highest BCUT2D eigenvalue weighted by Gasteiger charge is 2.22. The predicted octanol–water partition coefficient (Wildman–Crippen LogP) is 5.12. The van der Waals surface area contributed by atoms with Crippen molar-refractivity contribution >= 4 is 28.0 Å². The summed E-state index contributed by atoms with van der Waals surface area (Å²) in [6.45, 7) is 0.346. The van der Waals surface area contributed by atoms with Crippen molar-refractivity contribution in [2.24, 2.45) is 0 Å². The zero-order chi connectivity index (χ0) is 20.7. The molecule has 0 saturated heterocycles. The molecule has 0 amide bonds. The van der Waals surface area contributed by atoms with E-state index >= 15 is 0 Å². The lowest BCUT2D eigenvalue weighted by Crippen LogP contribution is -2.24. The normalized spacial score (nSPS) is 14.5. The highest BCUT2D eigenvalue weighted by molar-refractivity contribution is 5.89. The van der Waals surface area contributed by atoms with Crippen LogP contribution in [0.1, 0.15) is 23.5 Å². The Morgan fingerprint density at radius 2 is 1.67 bits per heavy atom. The molecule has 2 aromatic carbocycles. The van der Waals surface area contributed by atoms with Crippen LogP contribution in [0.4, 0.5) is 8.78 Å². The van der Waals surface area contributed by atoms with Gasteiger partial charge in [-0.3, -0.25) is 0 Å². The van der Waals surface area contributed by atoms with E-state index in [-0.39, 0.29) is 12.4 Å². The molecule has 4 aromatic rings. The van der Waals surface area contributed by atoms with E-state index in [1.807, 2.05) is 36.4 Å². The molecule has 0 spiro atoms. The topological polar surface area (TPSA) is 43.0 Å². The fourth-order valence-corrected chi connectivity index (χ4v) is 4.34. The molecule has 5 rings (SSSR count). The molecule has 0 fully saturated rings. The van der Waals surface area contributed by atoms with Crippen LogP contribution < -0.4 is 0 Å². The summed E-state index contributed by atoms with van der Waals surface area (Å²) in [4.78, 5) is 4.07. The second-order valence-corrected chi connectivity index (χ2v) is 7.51. The van der Waals surface area contributed by atoms with Gasteiger partial charge in [0.2, 0.25) is 0 Å². The van der Waals surface area contributed by atoms with Crippen LogP contribution in [0.2, 0.25) is 0 Å². The molecular weight excluding hydrogens is 384 g/mol. The number of aliphatic hydroxyl groups is 1. The smallest absolute Gasteiger partial charge is 0.295 e. The monoisotopic (exact) mass is 405 g/mol. The number of benzene rings is 2. The maximum atomic E-state index is 13.6. The molecule has 1 unspecified atom stereocenters. The summed E-state index contributed by atoms with van der Waals surface area (Å²) in [5.41, 5.74) is 4.40. The minimum Gasteiger partial charge on any atom is -0.389 e. The Morgan fingerprint density at radius 1 is 0.933 bits per heavy atom. The Bertz CT molecular complexity index is 1280. The second-order valence-electron chi connectivity index (χ2n) is 7.51. The van der Waals surface area contributed by atoms with Crippen LogP contribution in [-0.2, 0) is 19.5 Å². The zero-order valence-corrected chi connectivity index (χ0v) is 16.2. The highest BCUT2D eigenvalue weighted by atomic mass is 19.3. The summed E-state index contributed by atoms with van der Waals surface area (Å²) in [5.74, 6) is -0.310. The zero-order valence-electron chi connectivity index (χ0n) is 16.2. The molecule has 0 radical (unpaired) electrons. The number of halogens is 2. The predicted molar refractivity (Wildman–Crippen MR) is 115 cm³/mol. The van der Waals surface area contributed by atoms with Gasteiger partial charge in [-0.25, -0.2) is 13.8 Å². The fourth-order valence-electron chi connectivity index (χ4n) is 4.34. The molecule has 0 saturated carbocycles. The number of aliphatic hydroxyl groups excluding tert-OH is 1. The van der Waals surface area contributed by atoms with Crippen molar-refractivity contribution in [3.05, 3.63) is 83.8 Å². The summed E-state index contributed by atoms with van der Waals surface area (Å²) >= 11 is 0. The summed E-state index contributed by atoms with van der Waals surface area (Å²) in [6.07, 6.45) is 5.42. The van der Waals surface area contributed by atoms with Crippen LogP contribution in [0, 0.1) is 0 Å². The third-order valence-electron chi connectivity index (χ3n) is 5.61. The van der Waals surface area contributed by atoms with Gasteiger partial charge < -0.3 is 14.2 Å². The standard InChI is InChI=1S/C24H21F2N3O/c25-23(26)24-27-19-10-5-7-13-22(19)29(24)15-16(30)14-28-20-11-3-1-2-8-17(20)18-9-4-6-12-21(18)28/h1-7,9-13,16,23,30H,8,14-15H2. The summed E-state index contributed by atoms with van der Waals surface area (Å²) in [5, 5.41) is 12.1. The van der Waals surface area contributed by atoms with Gasteiger partial charge in [0, 0.05) is 16.6 Å². The van der Waals surface area contributed by atoms with Gasteiger partial charge in [0.05, 0.1) is 30.2 Å². The minimum atomic E-state index is -2.71. The molecule has 6 heteroatoms. The van der Waals surface area contributed by atoms with Crippen LogP contribution in [-0.4, -0.2) is 25.3 Å². The number of fused-ring (bicyclic) bond motifs is 4. The number of rotatable bonds is 5. The third-order valence-corrected chi connectivity index (χ3v) is 5.61. The van der Waals surface area contributed by atoms with Gasteiger partial charge >= 0.3 is 0 Å². The lowest BCUT2D eigenvalue weighted by Gasteiger charge is -2.17. The molecular formula is C24H21F2N3O. The van der Waals surface area contributed by atoms with Crippen LogP contribution >= 0.6 is 0 Å². The number of imidazole rings is 1. The van der Waals surface area contributed by atoms with E-state index in [0.29, 0.717) is 17.6 Å². The molecule has 1 atom stereocenters. The Kier molecular flexibility index (Phi) is 4.71. The number of hydrogen-bond acceptors (Lipinski definition) is 2. The average molecular weight is 405 g/mol. The molecule has 2 heterocycles. The van der Waals surface area contributed by atoms with E-state index < -0.39 is 12.5 Å². The molecule has 1 aliphatic rings. The van der Waals surface area contributed by atoms with Crippen molar-refractivity contribution in [3.63, 3.8) is 0 Å². The van der Waals surface area contributed by atoms with Gasteiger partial charge in [0.1, 0.15) is 0 Å². The quantitative estimate of drug-likeness (QED) is 0.501. The van der Waals surface area contributed by atoms with Crippen LogP contribution in [0.3, 0.4) is 0 Å². The summed E-state index contributed by atoms with van der Waals surface area (Å²) in [7, 11) is 0. The number of para-hydroxylation sites is 3. The number of allylic oxidation sites excluding steroid dienone is 3. The van der Waals surface area contributed by atoms with Crippen molar-refractivity contribution in [1.29, 1.82) is 0 Å². The van der Waals surface area contributed by atoms with Gasteiger partial charge in [-0.05, 0) is 36.3 Å². The lowest BCUT2D eigenvalue weighted by molar-refractivity contribution is 0.114. The Hall–Kier alpha value is -3.25. The van der Waals surface area contributed by atoms with Crippen molar-refractivity contribution in [2.75, 3.05) is 0 Å². The van der Waals surface area contributed by atoms with Crippen molar-refractivity contribution in [1.82, 2.24) is 14.1 Å². The highest BCUT2D eigenvalue weighted by Crippen LogP contribution is 2.30. The van der Waals surface area contributed by atoms with Crippen molar-refractivity contribution in [2.45, 2.75) is 32.0 Å². The van der Waals surface area contributed by atoms with E-state index in [9.17, 15) is 13.9 Å². The molecule has 1 aliphatic carbocycles. The Morgan fingerprint density at radius 3 is 2.50 bits per heavy atom. The first-order valence-electron chi connectivity index (χ1n) is 9.98. The number of alkyl halides is 2. The van der Waals surface area contributed by atoms with Crippen LogP contribution in [0.25, 0.3) is 28.0 Å². The minimum absolute atomic E-state index is 0.0451. The Balaban J connectivity index is 1.53. The molecule has 0 bridgehead atoms. The number of hydrogen-bond donors (Lipinski definition) is 1. The van der Waals surface area contributed by atoms with E-state index in [2.05, 4.69) is 21.7 Å². The third kappa shape index (κ3) is 3.13. The maximum absolute atomic E-state index is 13.6. The summed E-state index contributed by atoms with van der Waals surface area (Å²) < 4.78 is 30.7. The SMILES string of the molecule is OC(Cn1c(C(F)F)nc2ccccc21)Cn1c2c(c3ccccc31)CC=CC=C2. The first-order valence-corrected chi connectivity index (χ1v) is 9.98. The van der Waals surface area contributed by atoms with Crippen molar-refractivity contribution in [3.8, 4) is 0 Å².